The van der Waals surface area contributed by atoms with Crippen molar-refractivity contribution in [2.45, 2.75) is 0 Å². The van der Waals surface area contributed by atoms with Crippen molar-refractivity contribution >= 4 is 22.7 Å². The highest BCUT2D eigenvalue weighted by Gasteiger charge is 2.16. The molecule has 0 fully saturated rings. The van der Waals surface area contributed by atoms with E-state index in [1.165, 1.54) is 7.11 Å². The highest BCUT2D eigenvalue weighted by molar-refractivity contribution is 6.09. The van der Waals surface area contributed by atoms with Crippen LogP contribution >= 0.6 is 0 Å². The number of pyridine rings is 1. The van der Waals surface area contributed by atoms with Crippen molar-refractivity contribution in [1.82, 2.24) is 4.98 Å². The van der Waals surface area contributed by atoms with Crippen molar-refractivity contribution in [2.24, 2.45) is 0 Å². The fraction of sp³-hybridized carbons (Fsp3) is 0.0833. The van der Waals surface area contributed by atoms with Crippen molar-refractivity contribution < 1.29 is 19.4 Å². The Kier molecular flexibility index (Phi) is 2.74. The first-order valence-electron chi connectivity index (χ1n) is 4.84. The van der Waals surface area contributed by atoms with Gasteiger partial charge in [-0.2, -0.15) is 0 Å². The molecule has 0 bridgehead atoms. The Hall–Kier alpha value is -2.43. The number of hydrogen-bond acceptors (Lipinski definition) is 4. The molecule has 0 spiro atoms. The Bertz CT molecular complexity index is 606. The summed E-state index contributed by atoms with van der Waals surface area (Å²) >= 11 is 0. The second kappa shape index (κ2) is 4.21. The molecule has 0 saturated carbocycles. The van der Waals surface area contributed by atoms with Gasteiger partial charge in [-0.1, -0.05) is 24.3 Å². The predicted molar refractivity (Wildman–Crippen MR) is 60.0 cm³/mol. The fourth-order valence-corrected chi connectivity index (χ4v) is 1.62. The van der Waals surface area contributed by atoms with Crippen molar-refractivity contribution in [3.05, 3.63) is 41.7 Å². The van der Waals surface area contributed by atoms with Gasteiger partial charge in [-0.15, -0.1) is 0 Å². The number of carboxylic acids is 1. The third-order valence-corrected chi connectivity index (χ3v) is 2.40. The molecule has 1 aromatic heterocycles. The van der Waals surface area contributed by atoms with Crippen LogP contribution in [0.15, 0.2) is 30.5 Å². The molecule has 1 aromatic carbocycles. The smallest absolute Gasteiger partial charge is 0.357 e. The molecule has 2 rings (SSSR count). The molecule has 0 aliphatic carbocycles. The number of carbonyl (C=O) groups is 2. The number of benzene rings is 1. The molecule has 1 N–H and O–H groups in total. The van der Waals surface area contributed by atoms with Crippen LogP contribution in [0.4, 0.5) is 0 Å². The quantitative estimate of drug-likeness (QED) is 0.796. The number of fused-ring (bicyclic) bond motifs is 1. The van der Waals surface area contributed by atoms with Gasteiger partial charge in [-0.05, 0) is 0 Å². The lowest BCUT2D eigenvalue weighted by molar-refractivity contribution is 0.0594. The second-order valence-corrected chi connectivity index (χ2v) is 3.36. The van der Waals surface area contributed by atoms with E-state index in [4.69, 9.17) is 5.11 Å². The zero-order chi connectivity index (χ0) is 12.4. The summed E-state index contributed by atoms with van der Waals surface area (Å²) in [6.07, 6.45) is 1.16. The summed E-state index contributed by atoms with van der Waals surface area (Å²) in [4.78, 5) is 26.3. The van der Waals surface area contributed by atoms with E-state index in [-0.39, 0.29) is 11.3 Å². The summed E-state index contributed by atoms with van der Waals surface area (Å²) in [6.45, 7) is 0. The van der Waals surface area contributed by atoms with E-state index in [0.29, 0.717) is 10.8 Å². The van der Waals surface area contributed by atoms with Crippen LogP contribution in [0.5, 0.6) is 0 Å². The molecule has 86 valence electrons. The monoisotopic (exact) mass is 231 g/mol. The lowest BCUT2D eigenvalue weighted by atomic mass is 10.1. The van der Waals surface area contributed by atoms with Crippen molar-refractivity contribution in [3.63, 3.8) is 0 Å². The average Bonchev–Trinajstić information content (AvgIpc) is 2.36. The van der Waals surface area contributed by atoms with Crippen LogP contribution in [0.1, 0.15) is 20.8 Å². The molecule has 0 unspecified atom stereocenters. The number of esters is 1. The molecule has 0 saturated heterocycles. The van der Waals surface area contributed by atoms with Crippen LogP contribution in [0, 0.1) is 0 Å². The summed E-state index contributed by atoms with van der Waals surface area (Å²) in [5.41, 5.74) is 0.182. The fourth-order valence-electron chi connectivity index (χ4n) is 1.62. The molecule has 17 heavy (non-hydrogen) atoms. The van der Waals surface area contributed by atoms with E-state index in [1.807, 2.05) is 0 Å². The van der Waals surface area contributed by atoms with Gasteiger partial charge in [0.1, 0.15) is 0 Å². The largest absolute Gasteiger partial charge is 0.478 e. The van der Waals surface area contributed by atoms with E-state index >= 15 is 0 Å². The minimum Gasteiger partial charge on any atom is -0.478 e. The number of aromatic nitrogens is 1. The van der Waals surface area contributed by atoms with E-state index in [9.17, 15) is 9.59 Å². The summed E-state index contributed by atoms with van der Waals surface area (Å²) in [5.74, 6) is -1.66. The Morgan fingerprint density at radius 1 is 1.24 bits per heavy atom. The van der Waals surface area contributed by atoms with Crippen molar-refractivity contribution in [3.8, 4) is 0 Å². The number of methoxy groups -OCH3 is 1. The molecule has 2 aromatic rings. The summed E-state index contributed by atoms with van der Waals surface area (Å²) in [5, 5.41) is 9.95. The maximum atomic E-state index is 11.5. The Morgan fingerprint density at radius 2 is 1.88 bits per heavy atom. The minimum absolute atomic E-state index is 0.0632. The predicted octanol–water partition coefficient (Wildman–Crippen LogP) is 1.72. The van der Waals surface area contributed by atoms with Gasteiger partial charge in [0.2, 0.25) is 0 Å². The third-order valence-electron chi connectivity index (χ3n) is 2.40. The maximum Gasteiger partial charge on any atom is 0.357 e. The summed E-state index contributed by atoms with van der Waals surface area (Å²) in [7, 11) is 1.25. The SMILES string of the molecule is COC(=O)c1ncc(C(=O)O)c2ccccc12. The Balaban J connectivity index is 2.79. The lowest BCUT2D eigenvalue weighted by Crippen LogP contribution is -2.08. The second-order valence-electron chi connectivity index (χ2n) is 3.36. The van der Waals surface area contributed by atoms with Gasteiger partial charge in [0, 0.05) is 17.0 Å². The highest BCUT2D eigenvalue weighted by atomic mass is 16.5. The number of ether oxygens (including phenoxy) is 1. The molecule has 0 aliphatic rings. The molecule has 5 nitrogen and oxygen atoms in total. The van der Waals surface area contributed by atoms with Crippen LogP contribution in [0.2, 0.25) is 0 Å². The van der Waals surface area contributed by atoms with E-state index in [2.05, 4.69) is 9.72 Å². The van der Waals surface area contributed by atoms with Gasteiger partial charge in [-0.25, -0.2) is 14.6 Å². The molecular formula is C12H9NO4. The van der Waals surface area contributed by atoms with Crippen molar-refractivity contribution in [1.29, 1.82) is 0 Å². The molecule has 0 aliphatic heterocycles. The average molecular weight is 231 g/mol. The zero-order valence-corrected chi connectivity index (χ0v) is 9.01. The van der Waals surface area contributed by atoms with E-state index in [0.717, 1.165) is 6.20 Å². The van der Waals surface area contributed by atoms with Gasteiger partial charge >= 0.3 is 11.9 Å². The number of hydrogen-bond donors (Lipinski definition) is 1. The van der Waals surface area contributed by atoms with Crippen LogP contribution in [0.25, 0.3) is 10.8 Å². The zero-order valence-electron chi connectivity index (χ0n) is 9.01. The Morgan fingerprint density at radius 3 is 2.47 bits per heavy atom. The summed E-state index contributed by atoms with van der Waals surface area (Å²) in [6, 6.07) is 6.69. The van der Waals surface area contributed by atoms with Crippen LogP contribution in [-0.4, -0.2) is 29.1 Å². The standard InChI is InChI=1S/C12H9NO4/c1-17-12(16)10-8-5-3-2-4-7(8)9(6-13-10)11(14)15/h2-6H,1H3,(H,14,15). The first-order chi connectivity index (χ1) is 8.15. The van der Waals surface area contributed by atoms with Crippen LogP contribution in [0.3, 0.4) is 0 Å². The molecular weight excluding hydrogens is 222 g/mol. The van der Waals surface area contributed by atoms with Crippen molar-refractivity contribution in [2.75, 3.05) is 7.11 Å². The topological polar surface area (TPSA) is 76.5 Å². The first kappa shape index (κ1) is 11.1. The normalized spacial score (nSPS) is 10.2. The minimum atomic E-state index is -1.08. The van der Waals surface area contributed by atoms with Gasteiger partial charge in [-0.3, -0.25) is 0 Å². The van der Waals surface area contributed by atoms with Gasteiger partial charge in [0.15, 0.2) is 5.69 Å². The molecule has 1 heterocycles. The van der Waals surface area contributed by atoms with Gasteiger partial charge in [0.05, 0.1) is 12.7 Å². The number of carbonyl (C=O) groups excluding carboxylic acids is 1. The van der Waals surface area contributed by atoms with E-state index < -0.39 is 11.9 Å². The molecule has 0 atom stereocenters. The van der Waals surface area contributed by atoms with E-state index in [1.54, 1.807) is 24.3 Å². The number of aromatic carboxylic acids is 1. The Labute approximate surface area is 96.7 Å². The number of nitrogens with zero attached hydrogens (tertiary/aromatic N) is 1. The van der Waals surface area contributed by atoms with Crippen LogP contribution in [-0.2, 0) is 4.74 Å². The number of rotatable bonds is 2. The summed E-state index contributed by atoms with van der Waals surface area (Å²) < 4.78 is 4.60. The first-order valence-corrected chi connectivity index (χ1v) is 4.84. The third kappa shape index (κ3) is 1.82. The molecule has 0 amide bonds. The lowest BCUT2D eigenvalue weighted by Gasteiger charge is -2.06. The van der Waals surface area contributed by atoms with Gasteiger partial charge in [0.25, 0.3) is 0 Å². The maximum absolute atomic E-state index is 11.5. The van der Waals surface area contributed by atoms with Gasteiger partial charge < -0.3 is 9.84 Å². The molecule has 0 radical (unpaired) electrons. The number of carboxylic acid groups (broad SMARTS) is 1. The molecule has 5 heteroatoms. The highest BCUT2D eigenvalue weighted by Crippen LogP contribution is 2.21. The van der Waals surface area contributed by atoms with Crippen LogP contribution < -0.4 is 0 Å².